The van der Waals surface area contributed by atoms with Crippen molar-refractivity contribution in [3.05, 3.63) is 34.9 Å². The number of aliphatic hydroxyl groups excluding tert-OH is 1. The molecule has 3 rings (SSSR count). The molecule has 1 aromatic rings. The molecule has 2 N–H and O–H groups in total. The van der Waals surface area contributed by atoms with E-state index in [1.54, 1.807) is 4.90 Å². The number of hydrogen-bond donors (Lipinski definition) is 2. The van der Waals surface area contributed by atoms with Crippen LogP contribution in [0.1, 0.15) is 54.1 Å². The monoisotopic (exact) mass is 288 g/mol. The summed E-state index contributed by atoms with van der Waals surface area (Å²) in [7, 11) is 0. The molecule has 2 amide bonds. The van der Waals surface area contributed by atoms with Crippen LogP contribution in [0.2, 0.25) is 0 Å². The SMILES string of the molecule is CC(C)c1ccc2c(c1)C(=O)N(C1CCC(=O)NC1O)C2. The van der Waals surface area contributed by atoms with Crippen LogP contribution in [0.4, 0.5) is 0 Å². The third kappa shape index (κ3) is 2.42. The number of aliphatic hydroxyl groups is 1. The van der Waals surface area contributed by atoms with E-state index in [1.807, 2.05) is 12.1 Å². The van der Waals surface area contributed by atoms with E-state index < -0.39 is 6.23 Å². The Labute approximate surface area is 123 Å². The summed E-state index contributed by atoms with van der Waals surface area (Å²) in [5.74, 6) is 0.161. The highest BCUT2D eigenvalue weighted by molar-refractivity contribution is 5.99. The number of carbonyl (C=O) groups is 2. The largest absolute Gasteiger partial charge is 0.372 e. The topological polar surface area (TPSA) is 69.6 Å². The van der Waals surface area contributed by atoms with Crippen molar-refractivity contribution in [1.82, 2.24) is 10.2 Å². The minimum Gasteiger partial charge on any atom is -0.372 e. The minimum absolute atomic E-state index is 0.0484. The average Bonchev–Trinajstić information content (AvgIpc) is 2.75. The van der Waals surface area contributed by atoms with E-state index in [0.29, 0.717) is 25.3 Å². The standard InChI is InChI=1S/C16H20N2O3/c1-9(2)10-3-4-11-8-18(16(21)12(11)7-10)13-5-6-14(19)17-15(13)20/h3-4,7,9,13,15,20H,5-6,8H2,1-2H3,(H,17,19). The second-order valence-corrected chi connectivity index (χ2v) is 6.12. The number of fused-ring (bicyclic) bond motifs is 1. The van der Waals surface area contributed by atoms with Gasteiger partial charge in [0.05, 0.1) is 6.04 Å². The van der Waals surface area contributed by atoms with Gasteiger partial charge in [0.2, 0.25) is 5.91 Å². The number of hydrogen-bond acceptors (Lipinski definition) is 3. The van der Waals surface area contributed by atoms with Crippen LogP contribution >= 0.6 is 0 Å². The Hall–Kier alpha value is -1.88. The highest BCUT2D eigenvalue weighted by atomic mass is 16.3. The molecule has 2 aliphatic heterocycles. The van der Waals surface area contributed by atoms with Gasteiger partial charge in [-0.15, -0.1) is 0 Å². The molecule has 2 aliphatic rings. The van der Waals surface area contributed by atoms with Crippen LogP contribution in [0.3, 0.4) is 0 Å². The number of nitrogens with zero attached hydrogens (tertiary/aromatic N) is 1. The second kappa shape index (κ2) is 5.15. The summed E-state index contributed by atoms with van der Waals surface area (Å²) in [5.41, 5.74) is 2.86. The summed E-state index contributed by atoms with van der Waals surface area (Å²) >= 11 is 0. The number of benzene rings is 1. The Kier molecular flexibility index (Phi) is 3.45. The fourth-order valence-electron chi connectivity index (χ4n) is 3.06. The molecule has 5 nitrogen and oxygen atoms in total. The van der Waals surface area contributed by atoms with Crippen LogP contribution in [0.15, 0.2) is 18.2 Å². The zero-order valence-electron chi connectivity index (χ0n) is 12.3. The van der Waals surface area contributed by atoms with E-state index in [4.69, 9.17) is 0 Å². The van der Waals surface area contributed by atoms with Crippen molar-refractivity contribution in [2.24, 2.45) is 0 Å². The van der Waals surface area contributed by atoms with Gasteiger partial charge in [0.15, 0.2) is 0 Å². The highest BCUT2D eigenvalue weighted by Gasteiger charge is 2.38. The summed E-state index contributed by atoms with van der Waals surface area (Å²) in [5, 5.41) is 12.5. The minimum atomic E-state index is -0.978. The van der Waals surface area contributed by atoms with Crippen molar-refractivity contribution in [2.75, 3.05) is 0 Å². The molecule has 5 heteroatoms. The van der Waals surface area contributed by atoms with Gasteiger partial charge in [-0.3, -0.25) is 9.59 Å². The molecule has 2 unspecified atom stereocenters. The molecule has 0 saturated carbocycles. The lowest BCUT2D eigenvalue weighted by Crippen LogP contribution is -2.55. The predicted octanol–water partition coefficient (Wildman–Crippen LogP) is 1.36. The second-order valence-electron chi connectivity index (χ2n) is 6.12. The van der Waals surface area contributed by atoms with Crippen LogP contribution in [0, 0.1) is 0 Å². The number of piperidine rings is 1. The fraction of sp³-hybridized carbons (Fsp3) is 0.500. The van der Waals surface area contributed by atoms with Gasteiger partial charge in [0.25, 0.3) is 5.91 Å². The summed E-state index contributed by atoms with van der Waals surface area (Å²) in [4.78, 5) is 25.6. The van der Waals surface area contributed by atoms with Crippen LogP contribution in [0.5, 0.6) is 0 Å². The van der Waals surface area contributed by atoms with Gasteiger partial charge in [-0.05, 0) is 29.5 Å². The van der Waals surface area contributed by atoms with Crippen molar-refractivity contribution >= 4 is 11.8 Å². The van der Waals surface area contributed by atoms with E-state index in [-0.39, 0.29) is 17.9 Å². The predicted molar refractivity (Wildman–Crippen MR) is 77.6 cm³/mol. The molecule has 2 heterocycles. The molecule has 0 aromatic heterocycles. The van der Waals surface area contributed by atoms with Crippen molar-refractivity contribution < 1.29 is 14.7 Å². The number of carbonyl (C=O) groups excluding carboxylic acids is 2. The Bertz CT molecular complexity index is 597. The van der Waals surface area contributed by atoms with Gasteiger partial charge < -0.3 is 15.3 Å². The van der Waals surface area contributed by atoms with E-state index >= 15 is 0 Å². The van der Waals surface area contributed by atoms with Gasteiger partial charge in [-0.25, -0.2) is 0 Å². The van der Waals surface area contributed by atoms with Crippen molar-refractivity contribution in [1.29, 1.82) is 0 Å². The summed E-state index contributed by atoms with van der Waals surface area (Å²) < 4.78 is 0. The van der Waals surface area contributed by atoms with Crippen molar-refractivity contribution in [3.8, 4) is 0 Å². The van der Waals surface area contributed by atoms with Crippen LogP contribution in [-0.4, -0.2) is 34.1 Å². The van der Waals surface area contributed by atoms with Gasteiger partial charge in [-0.2, -0.15) is 0 Å². The zero-order chi connectivity index (χ0) is 15.1. The third-order valence-electron chi connectivity index (χ3n) is 4.37. The Balaban J connectivity index is 1.85. The first kappa shape index (κ1) is 14.1. The Morgan fingerprint density at radius 1 is 1.33 bits per heavy atom. The molecule has 1 aromatic carbocycles. The van der Waals surface area contributed by atoms with Crippen molar-refractivity contribution in [3.63, 3.8) is 0 Å². The van der Waals surface area contributed by atoms with E-state index in [0.717, 1.165) is 16.7 Å². The normalized spacial score (nSPS) is 25.2. The van der Waals surface area contributed by atoms with Crippen LogP contribution in [0.25, 0.3) is 0 Å². The third-order valence-corrected chi connectivity index (χ3v) is 4.37. The van der Waals surface area contributed by atoms with Crippen LogP contribution < -0.4 is 5.32 Å². The molecule has 0 bridgehead atoms. The van der Waals surface area contributed by atoms with E-state index in [9.17, 15) is 14.7 Å². The lowest BCUT2D eigenvalue weighted by molar-refractivity contribution is -0.129. The molecule has 0 radical (unpaired) electrons. The zero-order valence-corrected chi connectivity index (χ0v) is 12.3. The van der Waals surface area contributed by atoms with Gasteiger partial charge in [0.1, 0.15) is 6.23 Å². The Morgan fingerprint density at radius 2 is 2.10 bits per heavy atom. The first-order valence-corrected chi connectivity index (χ1v) is 7.38. The van der Waals surface area contributed by atoms with Gasteiger partial charge in [-0.1, -0.05) is 26.0 Å². The maximum Gasteiger partial charge on any atom is 0.254 e. The van der Waals surface area contributed by atoms with Gasteiger partial charge >= 0.3 is 0 Å². The van der Waals surface area contributed by atoms with Crippen LogP contribution in [-0.2, 0) is 11.3 Å². The average molecular weight is 288 g/mol. The quantitative estimate of drug-likeness (QED) is 0.863. The molecule has 1 fully saturated rings. The molecule has 0 aliphatic carbocycles. The van der Waals surface area contributed by atoms with E-state index in [2.05, 4.69) is 25.2 Å². The lowest BCUT2D eigenvalue weighted by atomic mass is 9.98. The Morgan fingerprint density at radius 3 is 2.76 bits per heavy atom. The first-order valence-electron chi connectivity index (χ1n) is 7.38. The molecule has 1 saturated heterocycles. The number of amides is 2. The maximum atomic E-state index is 12.6. The molecule has 2 atom stereocenters. The summed E-state index contributed by atoms with van der Waals surface area (Å²) in [6, 6.07) is 5.66. The molecule has 0 spiro atoms. The number of nitrogens with one attached hydrogen (secondary N) is 1. The molecular formula is C16H20N2O3. The number of rotatable bonds is 2. The smallest absolute Gasteiger partial charge is 0.254 e. The first-order chi connectivity index (χ1) is 9.97. The van der Waals surface area contributed by atoms with Gasteiger partial charge in [0, 0.05) is 18.5 Å². The molecule has 112 valence electrons. The maximum absolute atomic E-state index is 12.6. The summed E-state index contributed by atoms with van der Waals surface area (Å²) in [6.07, 6.45) is -0.128. The fourth-order valence-corrected chi connectivity index (χ4v) is 3.06. The van der Waals surface area contributed by atoms with E-state index in [1.165, 1.54) is 0 Å². The van der Waals surface area contributed by atoms with Crippen molar-refractivity contribution in [2.45, 2.75) is 51.4 Å². The summed E-state index contributed by atoms with van der Waals surface area (Å²) in [6.45, 7) is 4.70. The lowest BCUT2D eigenvalue weighted by Gasteiger charge is -2.35. The highest BCUT2D eigenvalue weighted by Crippen LogP contribution is 2.30. The molecule has 21 heavy (non-hydrogen) atoms. The molecular weight excluding hydrogens is 268 g/mol.